The summed E-state index contributed by atoms with van der Waals surface area (Å²) in [6.07, 6.45) is 2.31. The Morgan fingerprint density at radius 2 is 2.05 bits per heavy atom. The summed E-state index contributed by atoms with van der Waals surface area (Å²) in [5.41, 5.74) is 1.21. The molecule has 1 atom stereocenters. The largest absolute Gasteiger partial charge is 0.508 e. The first-order chi connectivity index (χ1) is 10.3. The van der Waals surface area contributed by atoms with Crippen molar-refractivity contribution in [3.05, 3.63) is 53.5 Å². The third kappa shape index (κ3) is 3.28. The van der Waals surface area contributed by atoms with E-state index >= 15 is 0 Å². The van der Waals surface area contributed by atoms with Gasteiger partial charge in [-0.2, -0.15) is 0 Å². The van der Waals surface area contributed by atoms with Crippen LogP contribution in [0.5, 0.6) is 5.75 Å². The number of hydrogen-bond acceptors (Lipinski definition) is 4. The van der Waals surface area contributed by atoms with Crippen molar-refractivity contribution in [2.75, 3.05) is 13.7 Å². The normalized spacial score (nSPS) is 19.2. The number of phenolic OH excluding ortho intramolecular Hbond substituents is 1. The minimum atomic E-state index is 0.312. The maximum atomic E-state index is 9.36. The van der Waals surface area contributed by atoms with Crippen LogP contribution in [0.25, 0.3) is 0 Å². The molecule has 112 valence electrons. The Morgan fingerprint density at radius 3 is 2.81 bits per heavy atom. The van der Waals surface area contributed by atoms with Crippen LogP contribution in [-0.4, -0.2) is 23.7 Å². The number of likely N-dealkylation sites (tertiary alicyclic amines) is 1. The zero-order chi connectivity index (χ0) is 14.7. The van der Waals surface area contributed by atoms with E-state index in [4.69, 9.17) is 9.15 Å². The Labute approximate surface area is 124 Å². The predicted octanol–water partition coefficient (Wildman–Crippen LogP) is 3.47. The molecule has 0 spiro atoms. The molecule has 1 saturated heterocycles. The molecule has 1 unspecified atom stereocenters. The van der Waals surface area contributed by atoms with Gasteiger partial charge < -0.3 is 14.3 Å². The Hall–Kier alpha value is -1.78. The van der Waals surface area contributed by atoms with Gasteiger partial charge in [-0.3, -0.25) is 4.90 Å². The highest BCUT2D eigenvalue weighted by Gasteiger charge is 2.28. The van der Waals surface area contributed by atoms with Crippen LogP contribution < -0.4 is 0 Å². The van der Waals surface area contributed by atoms with Crippen LogP contribution in [0.4, 0.5) is 0 Å². The number of hydrogen-bond donors (Lipinski definition) is 1. The second-order valence-electron chi connectivity index (χ2n) is 5.53. The van der Waals surface area contributed by atoms with Gasteiger partial charge in [0.25, 0.3) is 0 Å². The standard InChI is InChI=1S/C17H21NO3/c1-20-12-15-8-9-17(21-15)16-3-2-10-18(16)11-13-4-6-14(19)7-5-13/h4-9,16,19H,2-3,10-12H2,1H3. The highest BCUT2D eigenvalue weighted by molar-refractivity contribution is 5.26. The third-order valence-electron chi connectivity index (χ3n) is 3.98. The van der Waals surface area contributed by atoms with Gasteiger partial charge in [-0.1, -0.05) is 12.1 Å². The molecule has 4 nitrogen and oxygen atoms in total. The van der Waals surface area contributed by atoms with Crippen molar-refractivity contribution in [2.24, 2.45) is 0 Å². The average Bonchev–Trinajstić information content (AvgIpc) is 3.11. The molecule has 1 aromatic heterocycles. The van der Waals surface area contributed by atoms with Crippen molar-refractivity contribution in [3.8, 4) is 5.75 Å². The Balaban J connectivity index is 1.70. The van der Waals surface area contributed by atoms with E-state index in [1.54, 1.807) is 19.2 Å². The van der Waals surface area contributed by atoms with Crippen LogP contribution in [0.3, 0.4) is 0 Å². The first-order valence-electron chi connectivity index (χ1n) is 7.36. The summed E-state index contributed by atoms with van der Waals surface area (Å²) in [6, 6.07) is 11.8. The van der Waals surface area contributed by atoms with Gasteiger partial charge in [-0.05, 0) is 49.2 Å². The predicted molar refractivity (Wildman–Crippen MR) is 79.9 cm³/mol. The van der Waals surface area contributed by atoms with Crippen molar-refractivity contribution in [1.82, 2.24) is 4.90 Å². The molecule has 4 heteroatoms. The van der Waals surface area contributed by atoms with Crippen molar-refractivity contribution in [2.45, 2.75) is 32.0 Å². The lowest BCUT2D eigenvalue weighted by molar-refractivity contribution is 0.155. The van der Waals surface area contributed by atoms with Gasteiger partial charge in [-0.15, -0.1) is 0 Å². The van der Waals surface area contributed by atoms with E-state index < -0.39 is 0 Å². The number of phenols is 1. The molecule has 1 N–H and O–H groups in total. The number of rotatable bonds is 5. The Morgan fingerprint density at radius 1 is 1.24 bits per heavy atom. The lowest BCUT2D eigenvalue weighted by atomic mass is 10.1. The van der Waals surface area contributed by atoms with Gasteiger partial charge in [0.2, 0.25) is 0 Å². The molecule has 0 saturated carbocycles. The summed E-state index contributed by atoms with van der Waals surface area (Å²) in [6.45, 7) is 2.47. The van der Waals surface area contributed by atoms with Crippen molar-refractivity contribution < 1.29 is 14.3 Å². The summed E-state index contributed by atoms with van der Waals surface area (Å²) < 4.78 is 11.0. The maximum Gasteiger partial charge on any atom is 0.129 e. The molecule has 1 aliphatic heterocycles. The first kappa shape index (κ1) is 14.2. The van der Waals surface area contributed by atoms with Gasteiger partial charge in [0.05, 0.1) is 6.04 Å². The fourth-order valence-corrected chi connectivity index (χ4v) is 2.97. The van der Waals surface area contributed by atoms with Gasteiger partial charge in [-0.25, -0.2) is 0 Å². The molecule has 0 amide bonds. The zero-order valence-corrected chi connectivity index (χ0v) is 12.3. The van der Waals surface area contributed by atoms with Gasteiger partial charge in [0, 0.05) is 13.7 Å². The summed E-state index contributed by atoms with van der Waals surface area (Å²) >= 11 is 0. The Bertz CT molecular complexity index is 576. The molecule has 1 fully saturated rings. The molecule has 2 aromatic rings. The summed E-state index contributed by atoms with van der Waals surface area (Å²) in [5.74, 6) is 2.22. The van der Waals surface area contributed by atoms with E-state index in [-0.39, 0.29) is 0 Å². The molecular weight excluding hydrogens is 266 g/mol. The van der Waals surface area contributed by atoms with Crippen molar-refractivity contribution in [3.63, 3.8) is 0 Å². The molecule has 21 heavy (non-hydrogen) atoms. The number of nitrogens with zero attached hydrogens (tertiary/aromatic N) is 1. The number of aromatic hydroxyl groups is 1. The number of furan rings is 1. The van der Waals surface area contributed by atoms with Crippen molar-refractivity contribution in [1.29, 1.82) is 0 Å². The van der Waals surface area contributed by atoms with Crippen molar-refractivity contribution >= 4 is 0 Å². The highest BCUT2D eigenvalue weighted by atomic mass is 16.5. The smallest absolute Gasteiger partial charge is 0.129 e. The lowest BCUT2D eigenvalue weighted by Crippen LogP contribution is -2.22. The van der Waals surface area contributed by atoms with Gasteiger partial charge in [0.15, 0.2) is 0 Å². The van der Waals surface area contributed by atoms with E-state index in [2.05, 4.69) is 11.0 Å². The van der Waals surface area contributed by atoms with Crippen LogP contribution in [0.2, 0.25) is 0 Å². The van der Waals surface area contributed by atoms with Crippen LogP contribution in [0.15, 0.2) is 40.8 Å². The summed E-state index contributed by atoms with van der Waals surface area (Å²) in [4.78, 5) is 2.43. The monoisotopic (exact) mass is 287 g/mol. The quantitative estimate of drug-likeness (QED) is 0.914. The van der Waals surface area contributed by atoms with Crippen LogP contribution in [0, 0.1) is 0 Å². The lowest BCUT2D eigenvalue weighted by Gasteiger charge is -2.22. The number of ether oxygens (including phenoxy) is 1. The van der Waals surface area contributed by atoms with Crippen LogP contribution >= 0.6 is 0 Å². The molecular formula is C17H21NO3. The minimum Gasteiger partial charge on any atom is -0.508 e. The second kappa shape index (κ2) is 6.33. The first-order valence-corrected chi connectivity index (χ1v) is 7.36. The van der Waals surface area contributed by atoms with E-state index in [0.717, 1.165) is 31.0 Å². The average molecular weight is 287 g/mol. The zero-order valence-electron chi connectivity index (χ0n) is 12.3. The maximum absolute atomic E-state index is 9.36. The molecule has 0 aliphatic carbocycles. The van der Waals surface area contributed by atoms with Crippen LogP contribution in [-0.2, 0) is 17.9 Å². The van der Waals surface area contributed by atoms with E-state index in [1.165, 1.54) is 12.0 Å². The molecule has 3 rings (SSSR count). The van der Waals surface area contributed by atoms with Crippen LogP contribution in [0.1, 0.15) is 36.0 Å². The second-order valence-corrected chi connectivity index (χ2v) is 5.53. The van der Waals surface area contributed by atoms with E-state index in [1.807, 2.05) is 18.2 Å². The van der Waals surface area contributed by atoms with Gasteiger partial charge in [0.1, 0.15) is 23.9 Å². The highest BCUT2D eigenvalue weighted by Crippen LogP contribution is 2.34. The summed E-state index contributed by atoms with van der Waals surface area (Å²) in [7, 11) is 1.68. The fourth-order valence-electron chi connectivity index (χ4n) is 2.97. The summed E-state index contributed by atoms with van der Waals surface area (Å²) in [5, 5.41) is 9.36. The Kier molecular flexibility index (Phi) is 4.27. The molecule has 0 bridgehead atoms. The molecule has 1 aromatic carbocycles. The molecule has 2 heterocycles. The SMILES string of the molecule is COCc1ccc(C2CCCN2Cc2ccc(O)cc2)o1. The minimum absolute atomic E-state index is 0.312. The van der Waals surface area contributed by atoms with Gasteiger partial charge >= 0.3 is 0 Å². The molecule has 0 radical (unpaired) electrons. The fraction of sp³-hybridized carbons (Fsp3) is 0.412. The number of benzene rings is 1. The van der Waals surface area contributed by atoms with E-state index in [0.29, 0.717) is 18.4 Å². The third-order valence-corrected chi connectivity index (χ3v) is 3.98. The van der Waals surface area contributed by atoms with E-state index in [9.17, 15) is 5.11 Å². The number of methoxy groups -OCH3 is 1. The topological polar surface area (TPSA) is 45.8 Å². The molecule has 1 aliphatic rings.